The fourth-order valence-corrected chi connectivity index (χ4v) is 1.92. The minimum atomic E-state index is -0.704. The largest absolute Gasteiger partial charge is 0.386 e. The third-order valence-corrected chi connectivity index (χ3v) is 2.87. The number of hydrogen-bond acceptors (Lipinski definition) is 3. The van der Waals surface area contributed by atoms with Crippen LogP contribution in [0.25, 0.3) is 0 Å². The van der Waals surface area contributed by atoms with Gasteiger partial charge in [-0.25, -0.2) is 9.37 Å². The number of nitrogens with zero attached hydrogens (tertiary/aromatic N) is 2. The van der Waals surface area contributed by atoms with Gasteiger partial charge in [0.1, 0.15) is 0 Å². The summed E-state index contributed by atoms with van der Waals surface area (Å²) in [6.07, 6.45) is 1.70. The second-order valence-corrected chi connectivity index (χ2v) is 5.08. The average Bonchev–Trinajstić information content (AvgIpc) is 2.28. The Bertz CT molecular complexity index is 397. The van der Waals surface area contributed by atoms with E-state index in [4.69, 9.17) is 0 Å². The lowest BCUT2D eigenvalue weighted by Gasteiger charge is -2.44. The highest BCUT2D eigenvalue weighted by Crippen LogP contribution is 2.28. The summed E-state index contributed by atoms with van der Waals surface area (Å²) in [5.74, 6) is 0.313. The Morgan fingerprint density at radius 3 is 2.33 bits per heavy atom. The van der Waals surface area contributed by atoms with Gasteiger partial charge in [-0.05, 0) is 24.5 Å². The SMILES string of the molecule is CC.CC(C)c1cnc(N2CC(C)(O)C2)c(F)c1. The molecule has 0 radical (unpaired) electrons. The van der Waals surface area contributed by atoms with Crippen LogP contribution in [0.1, 0.15) is 46.1 Å². The van der Waals surface area contributed by atoms with Gasteiger partial charge in [0.25, 0.3) is 0 Å². The molecule has 1 saturated heterocycles. The van der Waals surface area contributed by atoms with Crippen LogP contribution in [0.5, 0.6) is 0 Å². The van der Waals surface area contributed by atoms with E-state index >= 15 is 0 Å². The van der Waals surface area contributed by atoms with E-state index in [9.17, 15) is 9.50 Å². The normalized spacial score (nSPS) is 17.0. The summed E-state index contributed by atoms with van der Waals surface area (Å²) in [6.45, 7) is 10.6. The molecule has 0 aliphatic carbocycles. The molecule has 102 valence electrons. The first-order valence-corrected chi connectivity index (χ1v) is 6.52. The van der Waals surface area contributed by atoms with E-state index in [1.165, 1.54) is 6.07 Å². The zero-order valence-corrected chi connectivity index (χ0v) is 11.9. The Morgan fingerprint density at radius 2 is 1.94 bits per heavy atom. The molecule has 0 aromatic carbocycles. The van der Waals surface area contributed by atoms with E-state index in [-0.39, 0.29) is 11.7 Å². The fraction of sp³-hybridized carbons (Fsp3) is 0.643. The molecule has 1 aromatic heterocycles. The summed E-state index contributed by atoms with van der Waals surface area (Å²) in [5.41, 5.74) is 0.193. The molecule has 1 aromatic rings. The van der Waals surface area contributed by atoms with E-state index < -0.39 is 5.60 Å². The van der Waals surface area contributed by atoms with Gasteiger partial charge in [-0.15, -0.1) is 0 Å². The van der Waals surface area contributed by atoms with Gasteiger partial charge in [0.15, 0.2) is 11.6 Å². The van der Waals surface area contributed by atoms with Crippen LogP contribution >= 0.6 is 0 Å². The molecule has 0 spiro atoms. The molecule has 0 unspecified atom stereocenters. The lowest BCUT2D eigenvalue weighted by atomic mass is 9.97. The second-order valence-electron chi connectivity index (χ2n) is 5.08. The second kappa shape index (κ2) is 5.65. The smallest absolute Gasteiger partial charge is 0.165 e. The van der Waals surface area contributed by atoms with Crippen LogP contribution in [0.15, 0.2) is 12.3 Å². The molecule has 2 heterocycles. The number of β-amino-alcohol motifs (C(OH)–C–C–N with tert-alkyl or cyclic N) is 1. The van der Waals surface area contributed by atoms with Crippen molar-refractivity contribution in [1.29, 1.82) is 0 Å². The van der Waals surface area contributed by atoms with E-state index in [1.54, 1.807) is 18.0 Å². The number of anilines is 1. The highest BCUT2D eigenvalue weighted by molar-refractivity contribution is 5.46. The Balaban J connectivity index is 0.000000771. The number of aliphatic hydroxyl groups is 1. The van der Waals surface area contributed by atoms with Crippen LogP contribution in [0, 0.1) is 5.82 Å². The predicted octanol–water partition coefficient (Wildman–Crippen LogP) is 2.94. The van der Waals surface area contributed by atoms with Gasteiger partial charge in [0.2, 0.25) is 0 Å². The van der Waals surface area contributed by atoms with E-state index in [0.29, 0.717) is 18.9 Å². The Kier molecular flexibility index (Phi) is 4.68. The van der Waals surface area contributed by atoms with Gasteiger partial charge in [-0.3, -0.25) is 0 Å². The molecule has 18 heavy (non-hydrogen) atoms. The van der Waals surface area contributed by atoms with Crippen molar-refractivity contribution < 1.29 is 9.50 Å². The summed E-state index contributed by atoms with van der Waals surface area (Å²) < 4.78 is 13.7. The molecule has 0 bridgehead atoms. The van der Waals surface area contributed by atoms with Crippen molar-refractivity contribution in [2.24, 2.45) is 0 Å². The summed E-state index contributed by atoms with van der Waals surface area (Å²) in [4.78, 5) is 5.88. The molecular weight excluding hydrogens is 231 g/mol. The maximum Gasteiger partial charge on any atom is 0.165 e. The van der Waals surface area contributed by atoms with Crippen molar-refractivity contribution in [1.82, 2.24) is 4.98 Å². The Hall–Kier alpha value is -1.16. The van der Waals surface area contributed by atoms with Crippen LogP contribution in [0.4, 0.5) is 10.2 Å². The van der Waals surface area contributed by atoms with Crippen molar-refractivity contribution in [2.75, 3.05) is 18.0 Å². The van der Waals surface area contributed by atoms with Crippen molar-refractivity contribution in [2.45, 2.75) is 46.1 Å². The predicted molar refractivity (Wildman–Crippen MR) is 72.5 cm³/mol. The van der Waals surface area contributed by atoms with Gasteiger partial charge in [0.05, 0.1) is 5.60 Å². The number of pyridine rings is 1. The zero-order valence-electron chi connectivity index (χ0n) is 11.9. The zero-order chi connectivity index (χ0) is 13.9. The molecule has 1 aliphatic rings. The van der Waals surface area contributed by atoms with Gasteiger partial charge >= 0.3 is 0 Å². The molecule has 3 nitrogen and oxygen atoms in total. The Morgan fingerprint density at radius 1 is 1.39 bits per heavy atom. The minimum Gasteiger partial charge on any atom is -0.386 e. The summed E-state index contributed by atoms with van der Waals surface area (Å²) in [7, 11) is 0. The molecule has 4 heteroatoms. The number of hydrogen-bond donors (Lipinski definition) is 1. The first-order chi connectivity index (χ1) is 8.39. The molecule has 1 fully saturated rings. The molecule has 0 amide bonds. The lowest BCUT2D eigenvalue weighted by molar-refractivity contribution is 0.0301. The average molecular weight is 254 g/mol. The van der Waals surface area contributed by atoms with Crippen LogP contribution in [0.3, 0.4) is 0 Å². The lowest BCUT2D eigenvalue weighted by Crippen LogP contribution is -2.60. The first kappa shape index (κ1) is 14.9. The third kappa shape index (κ3) is 3.19. The minimum absolute atomic E-state index is 0.274. The standard InChI is InChI=1S/C12H17FN2O.C2H6/c1-8(2)9-4-10(13)11(14-5-9)15-6-12(3,16)7-15;1-2/h4-5,8,16H,6-7H2,1-3H3;1-2H3. The molecule has 0 atom stereocenters. The molecule has 1 N–H and O–H groups in total. The van der Waals surface area contributed by atoms with Crippen LogP contribution in [0.2, 0.25) is 0 Å². The Labute approximate surface area is 109 Å². The topological polar surface area (TPSA) is 36.4 Å². The molecule has 0 saturated carbocycles. The monoisotopic (exact) mass is 254 g/mol. The van der Waals surface area contributed by atoms with Crippen LogP contribution in [-0.2, 0) is 0 Å². The number of rotatable bonds is 2. The summed E-state index contributed by atoms with van der Waals surface area (Å²) >= 11 is 0. The van der Waals surface area contributed by atoms with Crippen molar-refractivity contribution in [3.05, 3.63) is 23.6 Å². The highest BCUT2D eigenvalue weighted by Gasteiger charge is 2.38. The number of aromatic nitrogens is 1. The van der Waals surface area contributed by atoms with Crippen LogP contribution in [-0.4, -0.2) is 28.8 Å². The van der Waals surface area contributed by atoms with Gasteiger partial charge in [0, 0.05) is 19.3 Å². The first-order valence-electron chi connectivity index (χ1n) is 6.52. The van der Waals surface area contributed by atoms with Gasteiger partial charge in [-0.2, -0.15) is 0 Å². The maximum atomic E-state index is 13.7. The van der Waals surface area contributed by atoms with E-state index in [0.717, 1.165) is 5.56 Å². The van der Waals surface area contributed by atoms with Crippen molar-refractivity contribution >= 4 is 5.82 Å². The molecule has 1 aliphatic heterocycles. The van der Waals surface area contributed by atoms with E-state index in [1.807, 2.05) is 27.7 Å². The quantitative estimate of drug-likeness (QED) is 0.881. The molecular formula is C14H23FN2O. The van der Waals surface area contributed by atoms with Crippen LogP contribution < -0.4 is 4.90 Å². The van der Waals surface area contributed by atoms with Gasteiger partial charge in [-0.1, -0.05) is 27.7 Å². The van der Waals surface area contributed by atoms with Crippen molar-refractivity contribution in [3.8, 4) is 0 Å². The summed E-state index contributed by atoms with van der Waals surface area (Å²) in [6, 6.07) is 1.53. The maximum absolute atomic E-state index is 13.7. The third-order valence-electron chi connectivity index (χ3n) is 2.87. The summed E-state index contributed by atoms with van der Waals surface area (Å²) in [5, 5.41) is 9.59. The highest BCUT2D eigenvalue weighted by atomic mass is 19.1. The van der Waals surface area contributed by atoms with Crippen molar-refractivity contribution in [3.63, 3.8) is 0 Å². The van der Waals surface area contributed by atoms with Gasteiger partial charge < -0.3 is 10.0 Å². The molecule has 2 rings (SSSR count). The fourth-order valence-electron chi connectivity index (χ4n) is 1.92. The van der Waals surface area contributed by atoms with E-state index in [2.05, 4.69) is 4.98 Å². The number of halogens is 1.